The summed E-state index contributed by atoms with van der Waals surface area (Å²) in [6, 6.07) is 54.7. The first-order valence-corrected chi connectivity index (χ1v) is 21.9. The van der Waals surface area contributed by atoms with Crippen molar-refractivity contribution in [2.75, 3.05) is 9.80 Å². The first-order chi connectivity index (χ1) is 31.0. The number of pyridine rings is 1. The molecule has 2 aromatic heterocycles. The molecule has 0 saturated carbocycles. The van der Waals surface area contributed by atoms with Crippen molar-refractivity contribution in [3.8, 4) is 39.6 Å². The molecule has 0 N–H and O–H groups in total. The van der Waals surface area contributed by atoms with Crippen LogP contribution in [0.25, 0.3) is 49.9 Å². The molecule has 0 atom stereocenters. The third-order valence-corrected chi connectivity index (χ3v) is 12.1. The Hall–Kier alpha value is -6.56. The van der Waals surface area contributed by atoms with Crippen molar-refractivity contribution in [1.82, 2.24) is 9.55 Å². The molecule has 0 saturated heterocycles. The molecule has 3 heterocycles. The summed E-state index contributed by atoms with van der Waals surface area (Å²) in [5.74, 6) is 1.28. The number of halogens is 2. The van der Waals surface area contributed by atoms with E-state index >= 15 is 0 Å². The molecule has 0 fully saturated rings. The average Bonchev–Trinajstić information content (AvgIpc) is 3.84. The van der Waals surface area contributed by atoms with Gasteiger partial charge in [-0.05, 0) is 111 Å². The summed E-state index contributed by atoms with van der Waals surface area (Å²) in [6.45, 7) is 15.2. The fourth-order valence-corrected chi connectivity index (χ4v) is 8.92. The molecule has 1 aliphatic heterocycles. The van der Waals surface area contributed by atoms with Crippen LogP contribution in [0.1, 0.15) is 76.0 Å². The number of benzene rings is 7. The summed E-state index contributed by atoms with van der Waals surface area (Å²) in [7, 11) is 0. The van der Waals surface area contributed by atoms with Gasteiger partial charge < -0.3 is 19.1 Å². The molecular formula is C57H47F2N4OPt-3. The van der Waals surface area contributed by atoms with E-state index in [0.717, 1.165) is 84.3 Å². The van der Waals surface area contributed by atoms with Gasteiger partial charge in [-0.15, -0.1) is 53.6 Å². The minimum Gasteiger partial charge on any atom is -0.509 e. The molecule has 9 aromatic rings. The summed E-state index contributed by atoms with van der Waals surface area (Å²) < 4.78 is 38.1. The van der Waals surface area contributed by atoms with E-state index in [2.05, 4.69) is 160 Å². The molecule has 0 unspecified atom stereocenters. The zero-order chi connectivity index (χ0) is 44.2. The minimum atomic E-state index is -0.600. The van der Waals surface area contributed by atoms with Gasteiger partial charge in [0.1, 0.15) is 17.5 Å². The maximum Gasteiger partial charge on any atom is 0.135 e. The van der Waals surface area contributed by atoms with Crippen LogP contribution in [0, 0.1) is 30.4 Å². The van der Waals surface area contributed by atoms with Gasteiger partial charge in [0.05, 0.1) is 0 Å². The van der Waals surface area contributed by atoms with Crippen LogP contribution in [0.5, 0.6) is 11.5 Å². The molecule has 8 heteroatoms. The molecule has 328 valence electrons. The van der Waals surface area contributed by atoms with Crippen molar-refractivity contribution in [2.24, 2.45) is 0 Å². The van der Waals surface area contributed by atoms with Crippen molar-refractivity contribution in [3.63, 3.8) is 0 Å². The van der Waals surface area contributed by atoms with Crippen LogP contribution in [0.4, 0.5) is 31.5 Å². The fraction of sp³-hybridized carbons (Fsp3) is 0.158. The Morgan fingerprint density at radius 2 is 1.18 bits per heavy atom. The first-order valence-electron chi connectivity index (χ1n) is 21.9. The van der Waals surface area contributed by atoms with Crippen molar-refractivity contribution < 1.29 is 34.6 Å². The number of fused-ring (bicyclic) bond motifs is 4. The predicted octanol–water partition coefficient (Wildman–Crippen LogP) is 16.0. The van der Waals surface area contributed by atoms with Gasteiger partial charge in [-0.3, -0.25) is 0 Å². The molecule has 7 aromatic carbocycles. The number of nitrogens with zero attached hydrogens (tertiary/aromatic N) is 4. The Morgan fingerprint density at radius 1 is 0.554 bits per heavy atom. The summed E-state index contributed by atoms with van der Waals surface area (Å²) >= 11 is 0. The summed E-state index contributed by atoms with van der Waals surface area (Å²) in [6.07, 6.45) is 1.80. The Balaban J connectivity index is 0.00000533. The second kappa shape index (κ2) is 17.8. The van der Waals surface area contributed by atoms with Crippen LogP contribution in [0.3, 0.4) is 0 Å². The van der Waals surface area contributed by atoms with Crippen molar-refractivity contribution >= 4 is 44.6 Å². The quantitative estimate of drug-likeness (QED) is 0.128. The van der Waals surface area contributed by atoms with Crippen LogP contribution in [0.15, 0.2) is 152 Å². The number of hydrogen-bond donors (Lipinski definition) is 0. The van der Waals surface area contributed by atoms with Crippen LogP contribution in [-0.4, -0.2) is 9.55 Å². The van der Waals surface area contributed by atoms with E-state index in [9.17, 15) is 8.78 Å². The van der Waals surface area contributed by atoms with Gasteiger partial charge in [0, 0.05) is 67.4 Å². The van der Waals surface area contributed by atoms with Crippen LogP contribution >= 0.6 is 0 Å². The molecule has 1 aliphatic rings. The van der Waals surface area contributed by atoms with Crippen LogP contribution in [-0.2, 0) is 21.1 Å². The molecule has 0 amide bonds. The maximum atomic E-state index is 14.6. The van der Waals surface area contributed by atoms with E-state index in [0.29, 0.717) is 23.0 Å². The maximum absolute atomic E-state index is 14.6. The van der Waals surface area contributed by atoms with Gasteiger partial charge in [0.15, 0.2) is 0 Å². The second-order valence-electron chi connectivity index (χ2n) is 17.4. The number of aromatic nitrogens is 2. The smallest absolute Gasteiger partial charge is 0.135 e. The third-order valence-electron chi connectivity index (χ3n) is 12.1. The Morgan fingerprint density at radius 3 is 1.85 bits per heavy atom. The Labute approximate surface area is 394 Å². The van der Waals surface area contributed by atoms with Gasteiger partial charge in [-0.1, -0.05) is 108 Å². The van der Waals surface area contributed by atoms with E-state index in [1.165, 1.54) is 17.7 Å². The zero-order valence-corrected chi connectivity index (χ0v) is 39.3. The van der Waals surface area contributed by atoms with Gasteiger partial charge in [0.2, 0.25) is 0 Å². The van der Waals surface area contributed by atoms with Crippen LogP contribution < -0.4 is 14.5 Å². The molecule has 0 spiro atoms. The molecule has 0 aliphatic carbocycles. The normalized spacial score (nSPS) is 12.5. The minimum absolute atomic E-state index is 0. The SMILES string of the molecule is CC(C)c1ccc(-c2cc(Oc3[c-]c4c(cc3)c3ccccc3n4-c3ccccn3)[c-]c(N3[CH-]N(c4c(C(C)C)cc(-c5cc(F)cc(F)c5)cc4C(C)C)c4ccccc43)c2)cc1.[Pt]. The van der Waals surface area contributed by atoms with Gasteiger partial charge in [-0.25, -0.2) is 13.8 Å². The van der Waals surface area contributed by atoms with Crippen molar-refractivity contribution in [3.05, 3.63) is 199 Å². The average molecular weight is 1040 g/mol. The van der Waals surface area contributed by atoms with Crippen molar-refractivity contribution in [2.45, 2.75) is 59.3 Å². The summed E-state index contributed by atoms with van der Waals surface area (Å²) in [5.41, 5.74) is 12.4. The van der Waals surface area contributed by atoms with Gasteiger partial charge in [0.25, 0.3) is 0 Å². The summed E-state index contributed by atoms with van der Waals surface area (Å²) in [5, 5.41) is 2.16. The summed E-state index contributed by atoms with van der Waals surface area (Å²) in [4.78, 5) is 9.14. The molecular weight excluding hydrogens is 990 g/mol. The zero-order valence-electron chi connectivity index (χ0n) is 37.0. The number of rotatable bonds is 10. The van der Waals surface area contributed by atoms with E-state index in [-0.39, 0.29) is 32.9 Å². The largest absolute Gasteiger partial charge is 0.509 e. The number of para-hydroxylation sites is 3. The predicted molar refractivity (Wildman–Crippen MR) is 257 cm³/mol. The fourth-order valence-electron chi connectivity index (χ4n) is 8.92. The molecule has 65 heavy (non-hydrogen) atoms. The molecule has 0 radical (unpaired) electrons. The van der Waals surface area contributed by atoms with Gasteiger partial charge in [-0.2, -0.15) is 6.07 Å². The van der Waals surface area contributed by atoms with Crippen LogP contribution in [0.2, 0.25) is 0 Å². The van der Waals surface area contributed by atoms with E-state index in [1.807, 2.05) is 42.5 Å². The third kappa shape index (κ3) is 8.23. The van der Waals surface area contributed by atoms with E-state index in [4.69, 9.17) is 9.72 Å². The first kappa shape index (κ1) is 43.7. The van der Waals surface area contributed by atoms with Gasteiger partial charge >= 0.3 is 0 Å². The number of ether oxygens (including phenoxy) is 1. The molecule has 0 bridgehead atoms. The van der Waals surface area contributed by atoms with E-state index < -0.39 is 11.6 Å². The number of anilines is 4. The topological polar surface area (TPSA) is 33.5 Å². The Kier molecular flexibility index (Phi) is 11.9. The molecule has 10 rings (SSSR count). The van der Waals surface area contributed by atoms with Crippen molar-refractivity contribution in [1.29, 1.82) is 0 Å². The standard InChI is InChI=1S/C57H47F2N4O.Pt/c1-35(2)38-18-20-39(21-19-38)41-27-45(32-47(28-41)64-46-22-23-49-48-13-7-8-14-52(48)63(55(49)33-46)56-17-11-12-24-60-56)61-34-62(54-16-10-9-15-53(54)61)57-50(36(3)4)29-42(30-51(57)37(5)6)40-25-43(58)31-44(59)26-40;/h7-31,34-37H,1-6H3;/q-3;. The van der Waals surface area contributed by atoms with E-state index in [1.54, 1.807) is 6.20 Å². The second-order valence-corrected chi connectivity index (χ2v) is 17.4. The number of hydrogen-bond acceptors (Lipinski definition) is 4. The Bertz CT molecular complexity index is 3150. The monoisotopic (exact) mass is 1040 g/mol. The molecule has 5 nitrogen and oxygen atoms in total.